The van der Waals surface area contributed by atoms with Crippen LogP contribution in [0.5, 0.6) is 17.2 Å². The van der Waals surface area contributed by atoms with Crippen LogP contribution in [0.25, 0.3) is 22.3 Å². The van der Waals surface area contributed by atoms with Crippen LogP contribution in [0.4, 0.5) is 0 Å². The first-order chi connectivity index (χ1) is 28.1. The number of pyridine rings is 1. The molecule has 2 atom stereocenters. The number of carboxylic acids is 1. The smallest absolute Gasteiger partial charge is 0.306 e. The molecule has 0 amide bonds. The van der Waals surface area contributed by atoms with Gasteiger partial charge in [-0.1, -0.05) is 60.1 Å². The van der Waals surface area contributed by atoms with Gasteiger partial charge in [0.25, 0.3) is 0 Å². The molecule has 12 heteroatoms. The average molecular weight is 805 g/mol. The molecule has 1 saturated heterocycles. The van der Waals surface area contributed by atoms with Crippen molar-refractivity contribution in [2.75, 3.05) is 32.8 Å². The second kappa shape index (κ2) is 20.3. The summed E-state index contributed by atoms with van der Waals surface area (Å²) in [5.41, 5.74) is 9.47. The van der Waals surface area contributed by atoms with Crippen molar-refractivity contribution in [1.82, 2.24) is 15.2 Å². The van der Waals surface area contributed by atoms with Crippen LogP contribution in [0.2, 0.25) is 5.02 Å². The first kappa shape index (κ1) is 42.1. The number of carbonyl (C=O) groups is 1. The van der Waals surface area contributed by atoms with E-state index in [4.69, 9.17) is 30.9 Å². The van der Waals surface area contributed by atoms with E-state index in [-0.39, 0.29) is 45.4 Å². The Bertz CT molecular complexity index is 2220. The van der Waals surface area contributed by atoms with E-state index in [1.54, 1.807) is 24.4 Å². The minimum atomic E-state index is -1.09. The standard InChI is InChI=1S/C46H49ClN4O7/c1-30-35(29-57-45-21-44(56-28-33-18-32(22-48)23-49-24-33)36(19-43(45)47)25-50-26-37(53)20-46(54)55)6-3-9-41(30)42-10-4-8-40(31(42)2)34-11-13-38(14-12-34)58-39-7-5-15-51(27-39)16-17-52/h3-4,6,8-14,18-19,21,23-24,37,39,50,52-53H,5,7,15-17,20,25-29H2,1-2H3,(H,54,55). The largest absolute Gasteiger partial charge is 0.489 e. The van der Waals surface area contributed by atoms with Gasteiger partial charge in [0.1, 0.15) is 42.6 Å². The Morgan fingerprint density at radius 1 is 0.966 bits per heavy atom. The maximum atomic E-state index is 11.0. The fourth-order valence-corrected chi connectivity index (χ4v) is 7.52. The van der Waals surface area contributed by atoms with Gasteiger partial charge in [0.15, 0.2) is 0 Å². The number of aliphatic hydroxyl groups excluding tert-OH is 2. The Morgan fingerprint density at radius 3 is 2.47 bits per heavy atom. The summed E-state index contributed by atoms with van der Waals surface area (Å²) in [6, 6.07) is 28.1. The van der Waals surface area contributed by atoms with Crippen molar-refractivity contribution in [3.05, 3.63) is 130 Å². The molecule has 4 N–H and O–H groups in total. The molecule has 6 rings (SSSR count). The number of piperidine rings is 1. The molecule has 0 radical (unpaired) electrons. The van der Waals surface area contributed by atoms with Crippen LogP contribution in [0.15, 0.2) is 91.3 Å². The highest BCUT2D eigenvalue weighted by atomic mass is 35.5. The normalized spacial score (nSPS) is 14.7. The Morgan fingerprint density at radius 2 is 1.71 bits per heavy atom. The molecule has 1 aliphatic rings. The predicted octanol–water partition coefficient (Wildman–Crippen LogP) is 7.48. The molecular weight excluding hydrogens is 756 g/mol. The number of β-amino-alcohol motifs (C(OH)–C–C–N with tert-alkyl or cyclic N) is 1. The van der Waals surface area contributed by atoms with Gasteiger partial charge in [-0.05, 0) is 96.4 Å². The Kier molecular flexibility index (Phi) is 14.7. The quantitative estimate of drug-likeness (QED) is 0.0697. The van der Waals surface area contributed by atoms with E-state index in [0.717, 1.165) is 70.6 Å². The third-order valence-corrected chi connectivity index (χ3v) is 10.6. The molecule has 0 saturated carbocycles. The summed E-state index contributed by atoms with van der Waals surface area (Å²) in [5.74, 6) is 0.642. The summed E-state index contributed by atoms with van der Waals surface area (Å²) in [5, 5.41) is 41.2. The van der Waals surface area contributed by atoms with E-state index in [2.05, 4.69) is 71.5 Å². The van der Waals surface area contributed by atoms with Crippen LogP contribution < -0.4 is 19.5 Å². The zero-order valence-electron chi connectivity index (χ0n) is 32.8. The summed E-state index contributed by atoms with van der Waals surface area (Å²) in [6.07, 6.45) is 3.84. The van der Waals surface area contributed by atoms with Gasteiger partial charge in [0.05, 0.1) is 29.7 Å². The van der Waals surface area contributed by atoms with E-state index in [1.165, 1.54) is 6.20 Å². The molecular formula is C46H49ClN4O7. The minimum absolute atomic E-state index is 0.0572. The van der Waals surface area contributed by atoms with Gasteiger partial charge in [0, 0.05) is 55.8 Å². The van der Waals surface area contributed by atoms with Crippen molar-refractivity contribution in [3.63, 3.8) is 0 Å². The SMILES string of the molecule is Cc1c(COc2cc(OCc3cncc(C#N)c3)c(CNCC(O)CC(=O)O)cc2Cl)cccc1-c1cccc(-c2ccc(OC3CCCN(CCO)C3)cc2)c1C. The van der Waals surface area contributed by atoms with Crippen LogP contribution in [-0.2, 0) is 24.6 Å². The average Bonchev–Trinajstić information content (AvgIpc) is 3.21. The summed E-state index contributed by atoms with van der Waals surface area (Å²) < 4.78 is 18.9. The topological polar surface area (TPSA) is 157 Å². The Balaban J connectivity index is 1.17. The molecule has 0 spiro atoms. The molecule has 1 fully saturated rings. The van der Waals surface area contributed by atoms with Crippen molar-refractivity contribution in [2.24, 2.45) is 0 Å². The lowest BCUT2D eigenvalue weighted by atomic mass is 9.89. The van der Waals surface area contributed by atoms with Crippen LogP contribution in [0, 0.1) is 25.2 Å². The molecule has 0 bridgehead atoms. The fourth-order valence-electron chi connectivity index (χ4n) is 7.28. The Labute approximate surface area is 344 Å². The minimum Gasteiger partial charge on any atom is -0.489 e. The number of aliphatic carboxylic acids is 1. The predicted molar refractivity (Wildman–Crippen MR) is 223 cm³/mol. The van der Waals surface area contributed by atoms with E-state index >= 15 is 0 Å². The maximum Gasteiger partial charge on any atom is 0.306 e. The van der Waals surface area contributed by atoms with Crippen molar-refractivity contribution < 1.29 is 34.3 Å². The summed E-state index contributed by atoms with van der Waals surface area (Å²) in [4.78, 5) is 17.4. The number of aliphatic hydroxyl groups is 2. The maximum absolute atomic E-state index is 11.0. The third kappa shape index (κ3) is 11.1. The first-order valence-corrected chi connectivity index (χ1v) is 19.8. The number of benzene rings is 4. The highest BCUT2D eigenvalue weighted by Crippen LogP contribution is 2.37. The number of hydrogen-bond acceptors (Lipinski definition) is 10. The van der Waals surface area contributed by atoms with Crippen molar-refractivity contribution in [3.8, 4) is 45.6 Å². The molecule has 1 aliphatic heterocycles. The van der Waals surface area contributed by atoms with Gasteiger partial charge in [-0.15, -0.1) is 0 Å². The molecule has 58 heavy (non-hydrogen) atoms. The monoisotopic (exact) mass is 804 g/mol. The number of nitrogens with one attached hydrogen (secondary N) is 1. The van der Waals surface area contributed by atoms with Gasteiger partial charge in [0.2, 0.25) is 0 Å². The highest BCUT2D eigenvalue weighted by Gasteiger charge is 2.21. The van der Waals surface area contributed by atoms with Gasteiger partial charge in [-0.25, -0.2) is 0 Å². The zero-order chi connectivity index (χ0) is 41.0. The molecule has 0 aliphatic carbocycles. The molecule has 2 unspecified atom stereocenters. The number of nitriles is 1. The lowest BCUT2D eigenvalue weighted by molar-refractivity contribution is -0.139. The number of carboxylic acid groups (broad SMARTS) is 1. The van der Waals surface area contributed by atoms with Crippen molar-refractivity contribution in [2.45, 2.75) is 65.1 Å². The molecule has 1 aromatic heterocycles. The second-order valence-electron chi connectivity index (χ2n) is 14.5. The molecule has 302 valence electrons. The van der Waals surface area contributed by atoms with Gasteiger partial charge in [-0.2, -0.15) is 5.26 Å². The zero-order valence-corrected chi connectivity index (χ0v) is 33.5. The Hall–Kier alpha value is -5.48. The molecule has 11 nitrogen and oxygen atoms in total. The third-order valence-electron chi connectivity index (χ3n) is 10.3. The van der Waals surface area contributed by atoms with Gasteiger partial charge in [-0.3, -0.25) is 14.7 Å². The number of ether oxygens (including phenoxy) is 3. The molecule has 5 aromatic rings. The number of hydrogen-bond donors (Lipinski definition) is 4. The van der Waals surface area contributed by atoms with E-state index in [0.29, 0.717) is 39.8 Å². The number of aromatic nitrogens is 1. The molecule has 4 aromatic carbocycles. The number of halogens is 1. The fraction of sp³-hybridized carbons (Fsp3) is 0.326. The van der Waals surface area contributed by atoms with Crippen molar-refractivity contribution in [1.29, 1.82) is 5.26 Å². The van der Waals surface area contributed by atoms with Gasteiger partial charge < -0.3 is 34.8 Å². The lowest BCUT2D eigenvalue weighted by Gasteiger charge is -2.32. The van der Waals surface area contributed by atoms with Crippen molar-refractivity contribution >= 4 is 17.6 Å². The summed E-state index contributed by atoms with van der Waals surface area (Å²) >= 11 is 6.77. The number of likely N-dealkylation sites (tertiary alicyclic amines) is 1. The van der Waals surface area contributed by atoms with Crippen LogP contribution in [0.3, 0.4) is 0 Å². The van der Waals surface area contributed by atoms with Crippen LogP contribution in [-0.4, -0.2) is 76.2 Å². The summed E-state index contributed by atoms with van der Waals surface area (Å²) in [7, 11) is 0. The lowest BCUT2D eigenvalue weighted by Crippen LogP contribution is -2.42. The van der Waals surface area contributed by atoms with Crippen LogP contribution in [0.1, 0.15) is 52.6 Å². The van der Waals surface area contributed by atoms with Crippen LogP contribution >= 0.6 is 11.6 Å². The first-order valence-electron chi connectivity index (χ1n) is 19.4. The second-order valence-corrected chi connectivity index (χ2v) is 14.9. The number of rotatable bonds is 18. The van der Waals surface area contributed by atoms with E-state index in [1.807, 2.05) is 24.3 Å². The summed E-state index contributed by atoms with van der Waals surface area (Å²) in [6.45, 7) is 7.56. The number of nitrogens with zero attached hydrogens (tertiary/aromatic N) is 3. The van der Waals surface area contributed by atoms with Gasteiger partial charge >= 0.3 is 5.97 Å². The van der Waals surface area contributed by atoms with E-state index in [9.17, 15) is 20.3 Å². The van der Waals surface area contributed by atoms with E-state index < -0.39 is 12.1 Å². The molecule has 2 heterocycles. The highest BCUT2D eigenvalue weighted by molar-refractivity contribution is 6.32.